The van der Waals surface area contributed by atoms with Crippen LogP contribution in [0.15, 0.2) is 34.9 Å². The maximum absolute atomic E-state index is 13.0. The van der Waals surface area contributed by atoms with E-state index >= 15 is 0 Å². The summed E-state index contributed by atoms with van der Waals surface area (Å²) in [5, 5.41) is 3.50. The first kappa shape index (κ1) is 15.0. The van der Waals surface area contributed by atoms with Crippen LogP contribution >= 0.6 is 15.9 Å². The second-order valence-corrected chi connectivity index (χ2v) is 5.80. The van der Waals surface area contributed by atoms with Gasteiger partial charge in [-0.3, -0.25) is 4.98 Å². The number of hydrogen-bond acceptors (Lipinski definition) is 2. The summed E-state index contributed by atoms with van der Waals surface area (Å²) in [4.78, 5) is 4.17. The van der Waals surface area contributed by atoms with Crippen LogP contribution in [-0.2, 0) is 0 Å². The van der Waals surface area contributed by atoms with E-state index in [9.17, 15) is 4.39 Å². The molecule has 0 aliphatic carbocycles. The molecule has 2 nitrogen and oxygen atoms in total. The molecule has 4 heteroatoms. The Bertz CT molecular complexity index is 573. The summed E-state index contributed by atoms with van der Waals surface area (Å²) in [6.07, 6.45) is 2.13. The molecule has 0 bridgehead atoms. The van der Waals surface area contributed by atoms with Crippen molar-refractivity contribution >= 4 is 21.6 Å². The Hall–Kier alpha value is -1.42. The van der Waals surface area contributed by atoms with Gasteiger partial charge in [-0.1, -0.05) is 13.0 Å². The molecule has 20 heavy (non-hydrogen) atoms. The molecular weight excluding hydrogens is 319 g/mol. The van der Waals surface area contributed by atoms with E-state index in [1.165, 1.54) is 23.4 Å². The number of pyridine rings is 1. The van der Waals surface area contributed by atoms with Gasteiger partial charge in [0.15, 0.2) is 0 Å². The van der Waals surface area contributed by atoms with Crippen molar-refractivity contribution in [3.63, 3.8) is 0 Å². The van der Waals surface area contributed by atoms with Crippen molar-refractivity contribution < 1.29 is 4.39 Å². The first-order valence-electron chi connectivity index (χ1n) is 6.66. The minimum absolute atomic E-state index is 0.0632. The third-order valence-corrected chi connectivity index (χ3v) is 3.89. The minimum Gasteiger partial charge on any atom is -0.376 e. The SMILES string of the molecule is CCC(Nc1c(C)cc(C)cc1Br)c1ccc(F)cn1. The van der Waals surface area contributed by atoms with Gasteiger partial charge in [0.25, 0.3) is 0 Å². The number of rotatable bonds is 4. The molecule has 2 aromatic rings. The number of hydrogen-bond donors (Lipinski definition) is 1. The molecule has 1 aromatic carbocycles. The van der Waals surface area contributed by atoms with E-state index in [-0.39, 0.29) is 11.9 Å². The molecule has 1 N–H and O–H groups in total. The van der Waals surface area contributed by atoms with Crippen molar-refractivity contribution in [2.24, 2.45) is 0 Å². The van der Waals surface area contributed by atoms with Crippen molar-refractivity contribution in [1.29, 1.82) is 0 Å². The zero-order valence-corrected chi connectivity index (χ0v) is 13.5. The molecule has 2 rings (SSSR count). The van der Waals surface area contributed by atoms with E-state index in [4.69, 9.17) is 0 Å². The Kier molecular flexibility index (Phi) is 4.76. The van der Waals surface area contributed by atoms with Crippen LogP contribution in [-0.4, -0.2) is 4.98 Å². The fourth-order valence-corrected chi connectivity index (χ4v) is 3.04. The van der Waals surface area contributed by atoms with Gasteiger partial charge in [0.05, 0.1) is 23.6 Å². The lowest BCUT2D eigenvalue weighted by Crippen LogP contribution is -2.12. The van der Waals surface area contributed by atoms with Crippen LogP contribution in [0.2, 0.25) is 0 Å². The van der Waals surface area contributed by atoms with Gasteiger partial charge in [-0.15, -0.1) is 0 Å². The molecule has 106 valence electrons. The van der Waals surface area contributed by atoms with Crippen LogP contribution < -0.4 is 5.32 Å². The van der Waals surface area contributed by atoms with E-state index in [1.54, 1.807) is 6.07 Å². The van der Waals surface area contributed by atoms with E-state index in [1.807, 2.05) is 0 Å². The zero-order valence-electron chi connectivity index (χ0n) is 11.9. The Morgan fingerprint density at radius 2 is 2.05 bits per heavy atom. The largest absolute Gasteiger partial charge is 0.376 e. The summed E-state index contributed by atoms with van der Waals surface area (Å²) in [7, 11) is 0. The van der Waals surface area contributed by atoms with Crippen LogP contribution in [0.1, 0.15) is 36.2 Å². The quantitative estimate of drug-likeness (QED) is 0.833. The van der Waals surface area contributed by atoms with Crippen molar-refractivity contribution in [1.82, 2.24) is 4.98 Å². The molecule has 0 spiro atoms. The number of nitrogens with one attached hydrogen (secondary N) is 1. The highest BCUT2D eigenvalue weighted by molar-refractivity contribution is 9.10. The van der Waals surface area contributed by atoms with Gasteiger partial charge in [0.2, 0.25) is 0 Å². The van der Waals surface area contributed by atoms with Crippen LogP contribution in [0, 0.1) is 19.7 Å². The molecule has 0 radical (unpaired) electrons. The van der Waals surface area contributed by atoms with Crippen LogP contribution in [0.3, 0.4) is 0 Å². The predicted molar refractivity (Wildman–Crippen MR) is 84.5 cm³/mol. The maximum Gasteiger partial charge on any atom is 0.141 e. The van der Waals surface area contributed by atoms with Crippen molar-refractivity contribution in [3.05, 3.63) is 57.6 Å². The molecule has 0 saturated carbocycles. The van der Waals surface area contributed by atoms with Gasteiger partial charge in [0.1, 0.15) is 5.82 Å². The second-order valence-electron chi connectivity index (χ2n) is 4.95. The molecule has 1 atom stereocenters. The van der Waals surface area contributed by atoms with Gasteiger partial charge < -0.3 is 5.32 Å². The number of aromatic nitrogens is 1. The second kappa shape index (κ2) is 6.35. The summed E-state index contributed by atoms with van der Waals surface area (Å²) in [5.74, 6) is -0.309. The van der Waals surface area contributed by atoms with Crippen LogP contribution in [0.4, 0.5) is 10.1 Å². The Labute approximate surface area is 127 Å². The van der Waals surface area contributed by atoms with Crippen molar-refractivity contribution in [3.8, 4) is 0 Å². The molecule has 0 amide bonds. The van der Waals surface area contributed by atoms with Gasteiger partial charge >= 0.3 is 0 Å². The number of nitrogens with zero attached hydrogens (tertiary/aromatic N) is 1. The molecule has 0 aliphatic heterocycles. The van der Waals surface area contributed by atoms with Gasteiger partial charge in [-0.05, 0) is 65.5 Å². The summed E-state index contributed by atoms with van der Waals surface area (Å²) < 4.78 is 14.0. The van der Waals surface area contributed by atoms with Crippen molar-refractivity contribution in [2.45, 2.75) is 33.2 Å². The predicted octanol–water partition coefficient (Wildman–Crippen LogP) is 5.16. The molecule has 0 aliphatic rings. The summed E-state index contributed by atoms with van der Waals surface area (Å²) in [6.45, 7) is 6.23. The highest BCUT2D eigenvalue weighted by atomic mass is 79.9. The summed E-state index contributed by atoms with van der Waals surface area (Å²) in [5.41, 5.74) is 4.31. The van der Waals surface area contributed by atoms with Gasteiger partial charge in [-0.25, -0.2) is 4.39 Å². The van der Waals surface area contributed by atoms with Gasteiger partial charge in [-0.2, -0.15) is 0 Å². The Morgan fingerprint density at radius 3 is 2.60 bits per heavy atom. The molecule has 0 fully saturated rings. The molecule has 1 unspecified atom stereocenters. The summed E-state index contributed by atoms with van der Waals surface area (Å²) in [6, 6.07) is 7.46. The first-order chi connectivity index (χ1) is 9.51. The highest BCUT2D eigenvalue weighted by Gasteiger charge is 2.14. The van der Waals surface area contributed by atoms with Crippen LogP contribution in [0.25, 0.3) is 0 Å². The van der Waals surface area contributed by atoms with Crippen LogP contribution in [0.5, 0.6) is 0 Å². The van der Waals surface area contributed by atoms with Crippen molar-refractivity contribution in [2.75, 3.05) is 5.32 Å². The monoisotopic (exact) mass is 336 g/mol. The smallest absolute Gasteiger partial charge is 0.141 e. The molecule has 1 aromatic heterocycles. The lowest BCUT2D eigenvalue weighted by molar-refractivity contribution is 0.614. The third kappa shape index (κ3) is 3.37. The average molecular weight is 337 g/mol. The lowest BCUT2D eigenvalue weighted by atomic mass is 10.1. The number of halogens is 2. The van der Waals surface area contributed by atoms with E-state index in [0.29, 0.717) is 0 Å². The maximum atomic E-state index is 13.0. The fourth-order valence-electron chi connectivity index (χ4n) is 2.25. The highest BCUT2D eigenvalue weighted by Crippen LogP contribution is 2.31. The van der Waals surface area contributed by atoms with E-state index in [0.717, 1.165) is 22.3 Å². The first-order valence-corrected chi connectivity index (χ1v) is 7.45. The molecule has 1 heterocycles. The Balaban J connectivity index is 2.29. The Morgan fingerprint density at radius 1 is 1.30 bits per heavy atom. The van der Waals surface area contributed by atoms with Gasteiger partial charge in [0, 0.05) is 4.47 Å². The summed E-state index contributed by atoms with van der Waals surface area (Å²) >= 11 is 3.60. The third-order valence-electron chi connectivity index (χ3n) is 3.27. The lowest BCUT2D eigenvalue weighted by Gasteiger charge is -2.21. The molecule has 0 saturated heterocycles. The number of benzene rings is 1. The standard InChI is InChI=1S/C16H18BrFN2/c1-4-14(15-6-5-12(18)9-19-15)20-16-11(3)7-10(2)8-13(16)17/h5-9,14,20H,4H2,1-3H3. The number of anilines is 1. The number of aryl methyl sites for hydroxylation is 2. The zero-order chi connectivity index (χ0) is 14.7. The topological polar surface area (TPSA) is 24.9 Å². The van der Waals surface area contributed by atoms with E-state index < -0.39 is 0 Å². The fraction of sp³-hybridized carbons (Fsp3) is 0.312. The average Bonchev–Trinajstić information content (AvgIpc) is 2.39. The van der Waals surface area contributed by atoms with E-state index in [2.05, 4.69) is 59.1 Å². The normalized spacial score (nSPS) is 12.2. The molecular formula is C16H18BrFN2. The minimum atomic E-state index is -0.309.